The Morgan fingerprint density at radius 1 is 1.29 bits per heavy atom. The number of Topliss-reactive ketones (excluding diaryl/α,β-unsaturated/α-hetero) is 1. The van der Waals surface area contributed by atoms with Gasteiger partial charge in [0.1, 0.15) is 0 Å². The largest absolute Gasteiger partial charge is 0.319 e. The third kappa shape index (κ3) is 5.21. The third-order valence-electron chi connectivity index (χ3n) is 4.63. The minimum absolute atomic E-state index is 0.101. The van der Waals surface area contributed by atoms with Gasteiger partial charge in [0.2, 0.25) is 0 Å². The lowest BCUT2D eigenvalue weighted by molar-refractivity contribution is 0.0892. The molecule has 5 nitrogen and oxygen atoms in total. The van der Waals surface area contributed by atoms with Crippen LogP contribution < -0.4 is 5.73 Å². The maximum Gasteiger partial charge on any atom is 0.182 e. The molecule has 2 N–H and O–H groups in total. The molecule has 0 aromatic heterocycles. The van der Waals surface area contributed by atoms with Crippen LogP contribution in [-0.2, 0) is 6.54 Å². The number of rotatable bonds is 9. The van der Waals surface area contributed by atoms with Gasteiger partial charge in [0, 0.05) is 18.7 Å². The number of hydrogen-bond acceptors (Lipinski definition) is 5. The predicted molar refractivity (Wildman–Crippen MR) is 97.4 cm³/mol. The SMILES string of the molecule is CCN=NCCCN(C)Cc1cccc(C(=O)C2(N)CCCC2)c1. The lowest BCUT2D eigenvalue weighted by atomic mass is 9.88. The average Bonchev–Trinajstić information content (AvgIpc) is 3.02. The van der Waals surface area contributed by atoms with Gasteiger partial charge in [-0.15, -0.1) is 0 Å². The summed E-state index contributed by atoms with van der Waals surface area (Å²) in [5, 5.41) is 8.08. The monoisotopic (exact) mass is 330 g/mol. The first-order chi connectivity index (χ1) is 11.5. The topological polar surface area (TPSA) is 71.0 Å². The van der Waals surface area contributed by atoms with Crippen LogP contribution in [0, 0.1) is 0 Å². The highest BCUT2D eigenvalue weighted by Crippen LogP contribution is 2.30. The number of carbonyl (C=O) groups excluding carboxylic acids is 1. The summed E-state index contributed by atoms with van der Waals surface area (Å²) in [6.07, 6.45) is 4.72. The van der Waals surface area contributed by atoms with Crippen LogP contribution in [0.15, 0.2) is 34.5 Å². The van der Waals surface area contributed by atoms with E-state index >= 15 is 0 Å². The lowest BCUT2D eigenvalue weighted by Gasteiger charge is -2.22. The Labute approximate surface area is 145 Å². The van der Waals surface area contributed by atoms with Crippen molar-refractivity contribution in [1.82, 2.24) is 4.90 Å². The van der Waals surface area contributed by atoms with Gasteiger partial charge in [-0.3, -0.25) is 4.79 Å². The summed E-state index contributed by atoms with van der Waals surface area (Å²) in [5.41, 5.74) is 7.57. The average molecular weight is 330 g/mol. The number of hydrogen-bond donors (Lipinski definition) is 1. The maximum atomic E-state index is 12.7. The van der Waals surface area contributed by atoms with E-state index in [0.29, 0.717) is 0 Å². The molecular weight excluding hydrogens is 300 g/mol. The van der Waals surface area contributed by atoms with E-state index < -0.39 is 5.54 Å². The second kappa shape index (κ2) is 9.04. The van der Waals surface area contributed by atoms with Crippen LogP contribution >= 0.6 is 0 Å². The molecule has 0 saturated heterocycles. The van der Waals surface area contributed by atoms with Crippen LogP contribution in [0.3, 0.4) is 0 Å². The summed E-state index contributed by atoms with van der Waals surface area (Å²) in [7, 11) is 2.09. The van der Waals surface area contributed by atoms with Crippen molar-refractivity contribution < 1.29 is 4.79 Å². The van der Waals surface area contributed by atoms with Crippen molar-refractivity contribution in [3.63, 3.8) is 0 Å². The molecule has 1 saturated carbocycles. The number of azo groups is 1. The summed E-state index contributed by atoms with van der Waals surface area (Å²) in [6, 6.07) is 7.93. The van der Waals surface area contributed by atoms with Gasteiger partial charge >= 0.3 is 0 Å². The number of nitrogens with zero attached hydrogens (tertiary/aromatic N) is 3. The summed E-state index contributed by atoms with van der Waals surface area (Å²) in [5.74, 6) is 0.101. The van der Waals surface area contributed by atoms with Gasteiger partial charge in [0.15, 0.2) is 5.78 Å². The molecular formula is C19H30N4O. The third-order valence-corrected chi connectivity index (χ3v) is 4.63. The van der Waals surface area contributed by atoms with Crippen LogP contribution in [0.1, 0.15) is 54.9 Å². The Balaban J connectivity index is 1.90. The van der Waals surface area contributed by atoms with Gasteiger partial charge in [0.05, 0.1) is 18.6 Å². The van der Waals surface area contributed by atoms with Crippen molar-refractivity contribution in [2.24, 2.45) is 16.0 Å². The van der Waals surface area contributed by atoms with E-state index in [0.717, 1.165) is 69.4 Å². The van der Waals surface area contributed by atoms with E-state index in [9.17, 15) is 4.79 Å². The summed E-state index contributed by atoms with van der Waals surface area (Å²) < 4.78 is 0. The van der Waals surface area contributed by atoms with Crippen LogP contribution in [0.2, 0.25) is 0 Å². The molecule has 1 fully saturated rings. The highest BCUT2D eigenvalue weighted by atomic mass is 16.1. The van der Waals surface area contributed by atoms with Crippen LogP contribution in [0.4, 0.5) is 0 Å². The second-order valence-corrected chi connectivity index (χ2v) is 6.81. The minimum Gasteiger partial charge on any atom is -0.319 e. The maximum absolute atomic E-state index is 12.7. The van der Waals surface area contributed by atoms with Crippen molar-refractivity contribution in [2.45, 2.75) is 51.1 Å². The zero-order valence-corrected chi connectivity index (χ0v) is 15.0. The van der Waals surface area contributed by atoms with Crippen molar-refractivity contribution in [1.29, 1.82) is 0 Å². The van der Waals surface area contributed by atoms with E-state index in [1.807, 2.05) is 25.1 Å². The smallest absolute Gasteiger partial charge is 0.182 e. The number of ketones is 1. The molecule has 5 heteroatoms. The summed E-state index contributed by atoms with van der Waals surface area (Å²) >= 11 is 0. The van der Waals surface area contributed by atoms with Crippen LogP contribution in [-0.4, -0.2) is 42.9 Å². The van der Waals surface area contributed by atoms with Gasteiger partial charge in [0.25, 0.3) is 0 Å². The molecule has 1 aromatic rings. The first-order valence-electron chi connectivity index (χ1n) is 8.99. The zero-order chi connectivity index (χ0) is 17.4. The Bertz CT molecular complexity index is 564. The Hall–Kier alpha value is -1.59. The van der Waals surface area contributed by atoms with Crippen LogP contribution in [0.25, 0.3) is 0 Å². The molecule has 1 aromatic carbocycles. The van der Waals surface area contributed by atoms with Gasteiger partial charge in [-0.1, -0.05) is 31.0 Å². The van der Waals surface area contributed by atoms with Crippen molar-refractivity contribution in [2.75, 3.05) is 26.7 Å². The molecule has 0 amide bonds. The zero-order valence-electron chi connectivity index (χ0n) is 15.0. The molecule has 1 aliphatic carbocycles. The fourth-order valence-electron chi connectivity index (χ4n) is 3.30. The summed E-state index contributed by atoms with van der Waals surface area (Å²) in [4.78, 5) is 15.0. The molecule has 0 spiro atoms. The molecule has 24 heavy (non-hydrogen) atoms. The highest BCUT2D eigenvalue weighted by molar-refractivity contribution is 6.03. The standard InChI is InChI=1S/C19H30N4O/c1-3-21-22-12-7-13-23(2)15-16-8-6-9-17(14-16)18(24)19(20)10-4-5-11-19/h6,8-9,14H,3-5,7,10-13,15,20H2,1-2H3. The molecule has 0 atom stereocenters. The Morgan fingerprint density at radius 3 is 2.75 bits per heavy atom. The fourth-order valence-corrected chi connectivity index (χ4v) is 3.30. The molecule has 0 heterocycles. The predicted octanol–water partition coefficient (Wildman–Crippen LogP) is 3.43. The van der Waals surface area contributed by atoms with E-state index in [-0.39, 0.29) is 5.78 Å². The quantitative estimate of drug-likeness (QED) is 0.428. The molecule has 0 radical (unpaired) electrons. The van der Waals surface area contributed by atoms with Gasteiger partial charge in [-0.25, -0.2) is 0 Å². The number of carbonyl (C=O) groups is 1. The number of nitrogens with two attached hydrogens (primary N) is 1. The molecule has 0 unspecified atom stereocenters. The molecule has 0 bridgehead atoms. The Kier molecular flexibility index (Phi) is 7.06. The molecule has 2 rings (SSSR count). The van der Waals surface area contributed by atoms with Crippen molar-refractivity contribution in [3.05, 3.63) is 35.4 Å². The highest BCUT2D eigenvalue weighted by Gasteiger charge is 2.37. The second-order valence-electron chi connectivity index (χ2n) is 6.81. The normalized spacial score (nSPS) is 17.0. The first-order valence-corrected chi connectivity index (χ1v) is 8.99. The van der Waals surface area contributed by atoms with E-state index in [1.54, 1.807) is 0 Å². The number of benzene rings is 1. The van der Waals surface area contributed by atoms with E-state index in [4.69, 9.17) is 5.73 Å². The van der Waals surface area contributed by atoms with E-state index in [2.05, 4.69) is 28.2 Å². The lowest BCUT2D eigenvalue weighted by Crippen LogP contribution is -2.45. The summed E-state index contributed by atoms with van der Waals surface area (Å²) in [6.45, 7) is 5.29. The molecule has 1 aliphatic rings. The van der Waals surface area contributed by atoms with Gasteiger partial charge < -0.3 is 10.6 Å². The minimum atomic E-state index is -0.644. The fraction of sp³-hybridized carbons (Fsp3) is 0.632. The molecule has 132 valence electrons. The first kappa shape index (κ1) is 18.7. The van der Waals surface area contributed by atoms with Gasteiger partial charge in [-0.2, -0.15) is 10.2 Å². The van der Waals surface area contributed by atoms with E-state index in [1.165, 1.54) is 0 Å². The van der Waals surface area contributed by atoms with Crippen molar-refractivity contribution in [3.8, 4) is 0 Å². The molecule has 0 aliphatic heterocycles. The van der Waals surface area contributed by atoms with Gasteiger partial charge in [-0.05, 0) is 44.9 Å². The Morgan fingerprint density at radius 2 is 2.04 bits per heavy atom. The van der Waals surface area contributed by atoms with Crippen LogP contribution in [0.5, 0.6) is 0 Å². The van der Waals surface area contributed by atoms with Crippen molar-refractivity contribution >= 4 is 5.78 Å².